The Morgan fingerprint density at radius 2 is 2.24 bits per heavy atom. The third kappa shape index (κ3) is 1.81. The Morgan fingerprint density at radius 3 is 2.76 bits per heavy atom. The molecule has 2 rings (SSSR count). The van der Waals surface area contributed by atoms with Crippen LogP contribution in [0.4, 0.5) is 11.6 Å². The summed E-state index contributed by atoms with van der Waals surface area (Å²) in [5.74, 6) is 0.842. The van der Waals surface area contributed by atoms with Crippen molar-refractivity contribution in [3.05, 3.63) is 35.4 Å². The molecule has 0 fully saturated rings. The molecule has 0 spiro atoms. The molecule has 1 aromatic heterocycles. The summed E-state index contributed by atoms with van der Waals surface area (Å²) in [5.41, 5.74) is 8.24. The first-order valence-corrected chi connectivity index (χ1v) is 5.20. The molecule has 17 heavy (non-hydrogen) atoms. The largest absolute Gasteiger partial charge is 0.382 e. The lowest BCUT2D eigenvalue weighted by Gasteiger charge is -2.04. The molecule has 0 atom stereocenters. The van der Waals surface area contributed by atoms with Crippen molar-refractivity contribution in [2.45, 2.75) is 6.92 Å². The van der Waals surface area contributed by atoms with Crippen LogP contribution in [0.2, 0.25) is 0 Å². The van der Waals surface area contributed by atoms with E-state index in [9.17, 15) is 0 Å². The van der Waals surface area contributed by atoms with Crippen LogP contribution in [0.1, 0.15) is 11.1 Å². The monoisotopic (exact) mass is 227 g/mol. The first-order valence-electron chi connectivity index (χ1n) is 5.20. The number of nitrogens with two attached hydrogens (primary N) is 1. The van der Waals surface area contributed by atoms with Crippen molar-refractivity contribution in [3.63, 3.8) is 0 Å². The van der Waals surface area contributed by atoms with E-state index in [0.717, 1.165) is 11.3 Å². The molecule has 1 aromatic carbocycles. The molecule has 86 valence electrons. The Bertz CT molecular complexity index is 591. The van der Waals surface area contributed by atoms with Gasteiger partial charge < -0.3 is 11.1 Å². The number of nitrogen functional groups attached to an aromatic ring is 1. The van der Waals surface area contributed by atoms with Crippen LogP contribution < -0.4 is 11.1 Å². The van der Waals surface area contributed by atoms with Gasteiger partial charge in [-0.1, -0.05) is 12.1 Å². The minimum atomic E-state index is 0.349. The van der Waals surface area contributed by atoms with E-state index in [1.807, 2.05) is 37.3 Å². The second kappa shape index (κ2) is 4.18. The molecule has 2 aromatic rings. The topological polar surface area (TPSA) is 79.7 Å². The second-order valence-corrected chi connectivity index (χ2v) is 3.72. The number of hydrogen-bond donors (Lipinski definition) is 2. The zero-order chi connectivity index (χ0) is 12.4. The lowest BCUT2D eigenvalue weighted by atomic mass is 10.2. The highest BCUT2D eigenvalue weighted by molar-refractivity contribution is 5.65. The van der Waals surface area contributed by atoms with E-state index >= 15 is 0 Å². The Labute approximate surface area is 99.5 Å². The van der Waals surface area contributed by atoms with Gasteiger partial charge in [-0.3, -0.25) is 0 Å². The van der Waals surface area contributed by atoms with Crippen LogP contribution in [0.15, 0.2) is 24.3 Å². The van der Waals surface area contributed by atoms with Crippen molar-refractivity contribution < 1.29 is 0 Å². The Balaban J connectivity index is 2.61. The summed E-state index contributed by atoms with van der Waals surface area (Å²) in [6.07, 6.45) is 0. The van der Waals surface area contributed by atoms with Gasteiger partial charge in [0.15, 0.2) is 5.82 Å². The van der Waals surface area contributed by atoms with Gasteiger partial charge in [0.25, 0.3) is 0 Å². The van der Waals surface area contributed by atoms with Gasteiger partial charge in [0.05, 0.1) is 5.69 Å². The molecule has 0 unspecified atom stereocenters. The molecule has 5 heteroatoms. The molecule has 0 saturated heterocycles. The molecule has 0 saturated carbocycles. The van der Waals surface area contributed by atoms with Gasteiger partial charge in [-0.05, 0) is 24.6 Å². The fraction of sp³-hybridized carbons (Fsp3) is 0.167. The van der Waals surface area contributed by atoms with E-state index in [1.165, 1.54) is 0 Å². The van der Waals surface area contributed by atoms with E-state index < -0.39 is 0 Å². The number of aromatic nitrogens is 2. The molecule has 0 aliphatic rings. The van der Waals surface area contributed by atoms with E-state index in [0.29, 0.717) is 17.2 Å². The van der Waals surface area contributed by atoms with Crippen LogP contribution in [0.25, 0.3) is 5.69 Å². The van der Waals surface area contributed by atoms with Crippen molar-refractivity contribution in [2.75, 3.05) is 18.1 Å². The van der Waals surface area contributed by atoms with Crippen molar-refractivity contribution in [1.82, 2.24) is 9.78 Å². The van der Waals surface area contributed by atoms with Crippen LogP contribution in [0.3, 0.4) is 0 Å². The Hall–Kier alpha value is -2.48. The maximum atomic E-state index is 9.02. The highest BCUT2D eigenvalue weighted by Crippen LogP contribution is 2.23. The third-order valence-corrected chi connectivity index (χ3v) is 2.52. The number of hydrogen-bond acceptors (Lipinski definition) is 4. The minimum Gasteiger partial charge on any atom is -0.382 e. The lowest BCUT2D eigenvalue weighted by Crippen LogP contribution is -2.02. The molecule has 5 nitrogen and oxygen atoms in total. The Morgan fingerprint density at radius 1 is 1.47 bits per heavy atom. The quantitative estimate of drug-likeness (QED) is 0.818. The first kappa shape index (κ1) is 11.0. The van der Waals surface area contributed by atoms with Crippen LogP contribution >= 0.6 is 0 Å². The smallest absolute Gasteiger partial charge is 0.168 e. The lowest BCUT2D eigenvalue weighted by molar-refractivity contribution is 0.892. The van der Waals surface area contributed by atoms with Crippen LogP contribution in [-0.2, 0) is 0 Å². The Kier molecular flexibility index (Phi) is 2.71. The van der Waals surface area contributed by atoms with E-state index in [1.54, 1.807) is 11.7 Å². The average Bonchev–Trinajstić information content (AvgIpc) is 2.65. The molecule has 3 N–H and O–H groups in total. The highest BCUT2D eigenvalue weighted by atomic mass is 15.3. The molecule has 0 bridgehead atoms. The van der Waals surface area contributed by atoms with Crippen LogP contribution in [0, 0.1) is 18.3 Å². The molecule has 0 aliphatic carbocycles. The fourth-order valence-corrected chi connectivity index (χ4v) is 1.67. The van der Waals surface area contributed by atoms with Crippen LogP contribution in [0.5, 0.6) is 0 Å². The number of rotatable bonds is 2. The number of aryl methyl sites for hydroxylation is 1. The molecule has 0 radical (unpaired) electrons. The van der Waals surface area contributed by atoms with Gasteiger partial charge in [0.2, 0.25) is 0 Å². The van der Waals surface area contributed by atoms with Gasteiger partial charge in [0, 0.05) is 7.05 Å². The molecular weight excluding hydrogens is 214 g/mol. The summed E-state index contributed by atoms with van der Waals surface area (Å²) < 4.78 is 1.57. The summed E-state index contributed by atoms with van der Waals surface area (Å²) in [7, 11) is 1.71. The maximum absolute atomic E-state index is 9.02. The average molecular weight is 227 g/mol. The highest BCUT2D eigenvalue weighted by Gasteiger charge is 2.15. The van der Waals surface area contributed by atoms with Gasteiger partial charge >= 0.3 is 0 Å². The number of nitriles is 1. The third-order valence-electron chi connectivity index (χ3n) is 2.52. The van der Waals surface area contributed by atoms with E-state index in [2.05, 4.69) is 10.4 Å². The molecular formula is C12H13N5. The SMILES string of the molecule is CNc1nn(-c2cccc(C)c2)c(N)c1C#N. The number of nitrogens with zero attached hydrogens (tertiary/aromatic N) is 3. The number of benzene rings is 1. The summed E-state index contributed by atoms with van der Waals surface area (Å²) >= 11 is 0. The van der Waals surface area contributed by atoms with Gasteiger partial charge in [-0.2, -0.15) is 5.26 Å². The van der Waals surface area contributed by atoms with Crippen molar-refractivity contribution in [3.8, 4) is 11.8 Å². The van der Waals surface area contributed by atoms with Crippen molar-refractivity contribution in [2.24, 2.45) is 0 Å². The normalized spacial score (nSPS) is 9.94. The second-order valence-electron chi connectivity index (χ2n) is 3.72. The standard InChI is InChI=1S/C12H13N5/c1-8-4-3-5-9(6-8)17-11(14)10(7-13)12(15-2)16-17/h3-6H,14H2,1-2H3,(H,15,16). The molecule has 0 aliphatic heterocycles. The van der Waals surface area contributed by atoms with Crippen molar-refractivity contribution >= 4 is 11.6 Å². The summed E-state index contributed by atoms with van der Waals surface area (Å²) in [4.78, 5) is 0. The zero-order valence-corrected chi connectivity index (χ0v) is 9.73. The molecule has 0 amide bonds. The van der Waals surface area contributed by atoms with E-state index in [-0.39, 0.29) is 0 Å². The van der Waals surface area contributed by atoms with Crippen molar-refractivity contribution in [1.29, 1.82) is 5.26 Å². The minimum absolute atomic E-state index is 0.349. The zero-order valence-electron chi connectivity index (χ0n) is 9.73. The predicted molar refractivity (Wildman–Crippen MR) is 67.0 cm³/mol. The first-order chi connectivity index (χ1) is 8.17. The van der Waals surface area contributed by atoms with Gasteiger partial charge in [0.1, 0.15) is 17.5 Å². The number of anilines is 2. The predicted octanol–water partition coefficient (Wildman–Crippen LogP) is 1.68. The van der Waals surface area contributed by atoms with Crippen LogP contribution in [-0.4, -0.2) is 16.8 Å². The summed E-state index contributed by atoms with van der Waals surface area (Å²) in [6.45, 7) is 1.99. The number of nitrogens with one attached hydrogen (secondary N) is 1. The van der Waals surface area contributed by atoms with E-state index in [4.69, 9.17) is 11.0 Å². The fourth-order valence-electron chi connectivity index (χ4n) is 1.67. The summed E-state index contributed by atoms with van der Waals surface area (Å²) in [5, 5.41) is 16.1. The van der Waals surface area contributed by atoms with Gasteiger partial charge in [-0.15, -0.1) is 5.10 Å². The maximum Gasteiger partial charge on any atom is 0.168 e. The van der Waals surface area contributed by atoms with Gasteiger partial charge in [-0.25, -0.2) is 4.68 Å². The molecule has 1 heterocycles. The summed E-state index contributed by atoms with van der Waals surface area (Å²) in [6, 6.07) is 9.83.